The van der Waals surface area contributed by atoms with Gasteiger partial charge in [0.05, 0.1) is 18.6 Å². The Balaban J connectivity index is 2.06. The van der Waals surface area contributed by atoms with Crippen LogP contribution in [-0.4, -0.2) is 49.4 Å². The maximum atomic E-state index is 10.9. The number of aromatic nitrogens is 1. The molecule has 1 N–H and O–H groups in total. The van der Waals surface area contributed by atoms with E-state index in [1.165, 1.54) is 19.2 Å². The molecule has 1 aliphatic heterocycles. The normalized spacial score (nSPS) is 18.9. The van der Waals surface area contributed by atoms with E-state index < -0.39 is 4.92 Å². The van der Waals surface area contributed by atoms with Crippen LogP contribution in [0.4, 0.5) is 5.69 Å². The summed E-state index contributed by atoms with van der Waals surface area (Å²) in [4.78, 5) is 14.3. The summed E-state index contributed by atoms with van der Waals surface area (Å²) in [6.07, 6.45) is -0.138. The molecular formula is C11H15N3O5. The summed E-state index contributed by atoms with van der Waals surface area (Å²) in [5, 5.41) is 14.0. The van der Waals surface area contributed by atoms with Crippen LogP contribution in [0.2, 0.25) is 0 Å². The molecule has 0 amide bonds. The molecule has 1 atom stereocenters. The standard InChI is InChI=1S/C11H15N3O5/c1-17-10-3-2-9(14(15)16)11(13-10)19-7-8-6-12-4-5-18-8/h2-3,8,12H,4-7H2,1H3. The first-order valence-electron chi connectivity index (χ1n) is 5.85. The molecule has 1 aromatic rings. The second kappa shape index (κ2) is 6.30. The van der Waals surface area contributed by atoms with E-state index in [9.17, 15) is 10.1 Å². The summed E-state index contributed by atoms with van der Waals surface area (Å²) in [6, 6.07) is 2.73. The van der Waals surface area contributed by atoms with Crippen LogP contribution >= 0.6 is 0 Å². The smallest absolute Gasteiger partial charge is 0.331 e. The molecular weight excluding hydrogens is 254 g/mol. The first kappa shape index (κ1) is 13.5. The molecule has 0 bridgehead atoms. The van der Waals surface area contributed by atoms with Crippen molar-refractivity contribution in [2.45, 2.75) is 6.10 Å². The maximum Gasteiger partial charge on any atom is 0.331 e. The van der Waals surface area contributed by atoms with Gasteiger partial charge in [-0.15, -0.1) is 0 Å². The molecule has 1 fully saturated rings. The molecule has 0 aromatic carbocycles. The van der Waals surface area contributed by atoms with Crippen LogP contribution in [-0.2, 0) is 4.74 Å². The molecule has 1 unspecified atom stereocenters. The summed E-state index contributed by atoms with van der Waals surface area (Å²) in [5.41, 5.74) is -0.190. The third-order valence-corrected chi connectivity index (χ3v) is 2.63. The van der Waals surface area contributed by atoms with Crippen LogP contribution in [0.25, 0.3) is 0 Å². The number of methoxy groups -OCH3 is 1. The van der Waals surface area contributed by atoms with Crippen molar-refractivity contribution in [3.05, 3.63) is 22.2 Å². The molecule has 0 saturated carbocycles. The Labute approximate surface area is 109 Å². The fourth-order valence-electron chi connectivity index (χ4n) is 1.67. The number of nitrogens with zero attached hydrogens (tertiary/aromatic N) is 2. The summed E-state index contributed by atoms with van der Waals surface area (Å²) in [5.74, 6) is 0.210. The van der Waals surface area contributed by atoms with Crippen molar-refractivity contribution >= 4 is 5.69 Å². The lowest BCUT2D eigenvalue weighted by Gasteiger charge is -2.23. The van der Waals surface area contributed by atoms with Crippen LogP contribution < -0.4 is 14.8 Å². The van der Waals surface area contributed by atoms with Gasteiger partial charge < -0.3 is 19.5 Å². The van der Waals surface area contributed by atoms with Gasteiger partial charge in [-0.2, -0.15) is 4.98 Å². The van der Waals surface area contributed by atoms with Gasteiger partial charge in [-0.3, -0.25) is 10.1 Å². The number of morpholine rings is 1. The number of rotatable bonds is 5. The zero-order valence-electron chi connectivity index (χ0n) is 10.5. The van der Waals surface area contributed by atoms with E-state index in [0.29, 0.717) is 13.2 Å². The van der Waals surface area contributed by atoms with Gasteiger partial charge in [0.15, 0.2) is 0 Å². The molecule has 1 aromatic heterocycles. The highest BCUT2D eigenvalue weighted by Crippen LogP contribution is 2.27. The van der Waals surface area contributed by atoms with E-state index in [-0.39, 0.29) is 30.2 Å². The number of hydrogen-bond acceptors (Lipinski definition) is 7. The average molecular weight is 269 g/mol. The third-order valence-electron chi connectivity index (χ3n) is 2.63. The Morgan fingerprint density at radius 1 is 1.63 bits per heavy atom. The Morgan fingerprint density at radius 3 is 3.11 bits per heavy atom. The molecule has 104 valence electrons. The lowest BCUT2D eigenvalue weighted by Crippen LogP contribution is -2.41. The van der Waals surface area contributed by atoms with Crippen molar-refractivity contribution in [1.29, 1.82) is 0 Å². The predicted octanol–water partition coefficient (Wildman–Crippen LogP) is 0.366. The number of ether oxygens (including phenoxy) is 3. The number of nitrogens with one attached hydrogen (secondary N) is 1. The SMILES string of the molecule is COc1ccc([N+](=O)[O-])c(OCC2CNCCO2)n1. The monoisotopic (exact) mass is 269 g/mol. The Hall–Kier alpha value is -1.93. The Morgan fingerprint density at radius 2 is 2.47 bits per heavy atom. The van der Waals surface area contributed by atoms with E-state index in [1.54, 1.807) is 0 Å². The van der Waals surface area contributed by atoms with Crippen LogP contribution in [0.5, 0.6) is 11.8 Å². The van der Waals surface area contributed by atoms with Gasteiger partial charge in [0.25, 0.3) is 5.88 Å². The lowest BCUT2D eigenvalue weighted by molar-refractivity contribution is -0.386. The van der Waals surface area contributed by atoms with Crippen LogP contribution in [0.3, 0.4) is 0 Å². The van der Waals surface area contributed by atoms with Gasteiger partial charge in [0.1, 0.15) is 12.7 Å². The predicted molar refractivity (Wildman–Crippen MR) is 65.5 cm³/mol. The summed E-state index contributed by atoms with van der Waals surface area (Å²) in [7, 11) is 1.44. The van der Waals surface area contributed by atoms with Crippen LogP contribution in [0.1, 0.15) is 0 Å². The molecule has 1 aliphatic rings. The molecule has 1 saturated heterocycles. The summed E-state index contributed by atoms with van der Waals surface area (Å²) < 4.78 is 15.7. The molecule has 2 rings (SSSR count). The highest BCUT2D eigenvalue weighted by atomic mass is 16.6. The number of hydrogen-bond donors (Lipinski definition) is 1. The van der Waals surface area contributed by atoms with Crippen molar-refractivity contribution in [3.8, 4) is 11.8 Å². The maximum absolute atomic E-state index is 10.9. The zero-order valence-corrected chi connectivity index (χ0v) is 10.5. The van der Waals surface area contributed by atoms with E-state index in [2.05, 4.69) is 10.3 Å². The van der Waals surface area contributed by atoms with Gasteiger partial charge in [0.2, 0.25) is 5.88 Å². The lowest BCUT2D eigenvalue weighted by atomic mass is 10.3. The minimum Gasteiger partial charge on any atom is -0.481 e. The van der Waals surface area contributed by atoms with Gasteiger partial charge in [-0.25, -0.2) is 0 Å². The van der Waals surface area contributed by atoms with Crippen molar-refractivity contribution in [3.63, 3.8) is 0 Å². The first-order chi connectivity index (χ1) is 9.20. The molecule has 2 heterocycles. The average Bonchev–Trinajstić information content (AvgIpc) is 2.45. The van der Waals surface area contributed by atoms with Crippen molar-refractivity contribution < 1.29 is 19.1 Å². The molecule has 8 heteroatoms. The third kappa shape index (κ3) is 3.52. The highest BCUT2D eigenvalue weighted by molar-refractivity contribution is 5.42. The van der Waals surface area contributed by atoms with Gasteiger partial charge in [-0.05, 0) is 0 Å². The highest BCUT2D eigenvalue weighted by Gasteiger charge is 2.21. The van der Waals surface area contributed by atoms with Crippen LogP contribution in [0, 0.1) is 10.1 Å². The molecule has 0 radical (unpaired) electrons. The second-order valence-electron chi connectivity index (χ2n) is 3.94. The molecule has 0 aliphatic carbocycles. The van der Waals surface area contributed by atoms with Crippen LogP contribution in [0.15, 0.2) is 12.1 Å². The van der Waals surface area contributed by atoms with E-state index >= 15 is 0 Å². The summed E-state index contributed by atoms with van der Waals surface area (Å²) >= 11 is 0. The first-order valence-corrected chi connectivity index (χ1v) is 5.85. The Kier molecular flexibility index (Phi) is 4.48. The fraction of sp³-hybridized carbons (Fsp3) is 0.545. The van der Waals surface area contributed by atoms with Gasteiger partial charge in [0, 0.05) is 25.2 Å². The topological polar surface area (TPSA) is 95.8 Å². The fourth-order valence-corrected chi connectivity index (χ4v) is 1.67. The van der Waals surface area contributed by atoms with Gasteiger partial charge in [-0.1, -0.05) is 0 Å². The van der Waals surface area contributed by atoms with E-state index in [4.69, 9.17) is 14.2 Å². The van der Waals surface area contributed by atoms with Crippen molar-refractivity contribution in [2.24, 2.45) is 0 Å². The molecule has 0 spiro atoms. The van der Waals surface area contributed by atoms with Gasteiger partial charge >= 0.3 is 5.69 Å². The van der Waals surface area contributed by atoms with Crippen molar-refractivity contribution in [1.82, 2.24) is 10.3 Å². The largest absolute Gasteiger partial charge is 0.481 e. The minimum absolute atomic E-state index is 0.0569. The number of pyridine rings is 1. The second-order valence-corrected chi connectivity index (χ2v) is 3.94. The summed E-state index contributed by atoms with van der Waals surface area (Å²) in [6.45, 7) is 2.25. The molecule has 19 heavy (non-hydrogen) atoms. The molecule has 8 nitrogen and oxygen atoms in total. The minimum atomic E-state index is -0.540. The zero-order chi connectivity index (χ0) is 13.7. The Bertz CT molecular complexity index is 448. The van der Waals surface area contributed by atoms with E-state index in [0.717, 1.165) is 6.54 Å². The van der Waals surface area contributed by atoms with E-state index in [1.807, 2.05) is 0 Å². The van der Waals surface area contributed by atoms with Crippen molar-refractivity contribution in [2.75, 3.05) is 33.4 Å². The quantitative estimate of drug-likeness (QED) is 0.609. The number of nitro groups is 1.